The summed E-state index contributed by atoms with van der Waals surface area (Å²) in [5.41, 5.74) is 8.42. The van der Waals surface area contributed by atoms with Gasteiger partial charge in [-0.25, -0.2) is 24.9 Å². The van der Waals surface area contributed by atoms with Crippen LogP contribution in [-0.4, -0.2) is 139 Å². The van der Waals surface area contributed by atoms with E-state index in [1.165, 1.54) is 12.0 Å². The Labute approximate surface area is 324 Å². The van der Waals surface area contributed by atoms with Gasteiger partial charge < -0.3 is 34.9 Å². The number of likely N-dealkylation sites (N-methyl/N-ethyl adjacent to an activating group) is 2. The molecule has 2 unspecified atom stereocenters. The van der Waals surface area contributed by atoms with Crippen molar-refractivity contribution < 1.29 is 9.59 Å². The molecule has 15 nitrogen and oxygen atoms in total. The zero-order chi connectivity index (χ0) is 37.6. The Morgan fingerprint density at radius 3 is 1.93 bits per heavy atom. The van der Waals surface area contributed by atoms with Crippen molar-refractivity contribution in [2.24, 2.45) is 16.8 Å². The summed E-state index contributed by atoms with van der Waals surface area (Å²) in [4.78, 5) is 67.7. The minimum Gasteiger partial charge on any atom is -0.343 e. The number of hydrogen-bond acceptors (Lipinski definition) is 11. The summed E-state index contributed by atoms with van der Waals surface area (Å²) >= 11 is 6.26. The van der Waals surface area contributed by atoms with Gasteiger partial charge in [-0.1, -0.05) is 11.6 Å². The van der Waals surface area contributed by atoms with Crippen molar-refractivity contribution in [1.82, 2.24) is 54.5 Å². The quantitative estimate of drug-likeness (QED) is 0.231. The number of rotatable bonds is 4. The molecule has 2 atom stereocenters. The van der Waals surface area contributed by atoms with Gasteiger partial charge in [0.15, 0.2) is 0 Å². The van der Waals surface area contributed by atoms with E-state index in [1.807, 2.05) is 28.3 Å². The number of aromatic nitrogens is 7. The van der Waals surface area contributed by atoms with E-state index >= 15 is 0 Å². The molecule has 3 N–H and O–H groups in total. The molecule has 10 rings (SSSR count). The van der Waals surface area contributed by atoms with E-state index in [-0.39, 0.29) is 23.7 Å². The van der Waals surface area contributed by atoms with Gasteiger partial charge in [-0.15, -0.1) is 0 Å². The maximum Gasteiger partial charge on any atom is 0.226 e. The molecule has 8 heterocycles. The minimum absolute atomic E-state index is 0.00675. The number of carbonyl (C=O) groups is 2. The molecule has 286 valence electrons. The van der Waals surface area contributed by atoms with E-state index < -0.39 is 0 Å². The molecule has 5 aromatic heterocycles. The molecule has 16 heteroatoms. The van der Waals surface area contributed by atoms with Gasteiger partial charge in [0.05, 0.1) is 17.3 Å². The molecule has 55 heavy (non-hydrogen) atoms. The summed E-state index contributed by atoms with van der Waals surface area (Å²) < 4.78 is 0. The van der Waals surface area contributed by atoms with Crippen LogP contribution in [0.3, 0.4) is 0 Å². The number of hydrogen-bond donors (Lipinski definition) is 3. The number of aliphatic imine (C=N–C) groups is 1. The predicted octanol–water partition coefficient (Wildman–Crippen LogP) is 3.40. The van der Waals surface area contributed by atoms with Gasteiger partial charge in [0.2, 0.25) is 11.8 Å². The molecule has 2 aliphatic carbocycles. The Hall–Kier alpha value is -4.99. The largest absolute Gasteiger partial charge is 0.343 e. The highest BCUT2D eigenvalue weighted by Gasteiger charge is 2.34. The Morgan fingerprint density at radius 2 is 1.31 bits per heavy atom. The zero-order valence-electron chi connectivity index (χ0n) is 31.3. The number of carbonyl (C=O) groups excluding carboxylic acids is 2. The van der Waals surface area contributed by atoms with Crippen LogP contribution >= 0.6 is 11.6 Å². The first-order valence-electron chi connectivity index (χ1n) is 19.3. The molecule has 2 saturated heterocycles. The number of nitrogens with one attached hydrogen (secondary N) is 3. The third-order valence-electron chi connectivity index (χ3n) is 12.0. The molecule has 5 aromatic rings. The zero-order valence-corrected chi connectivity index (χ0v) is 32.1. The van der Waals surface area contributed by atoms with Crippen LogP contribution in [0.4, 0.5) is 11.6 Å². The number of anilines is 2. The average Bonchev–Trinajstić information content (AvgIpc) is 3.93. The molecule has 3 aliphatic heterocycles. The summed E-state index contributed by atoms with van der Waals surface area (Å²) in [6.45, 7) is 7.77. The fourth-order valence-electron chi connectivity index (χ4n) is 8.71. The lowest BCUT2D eigenvalue weighted by atomic mass is 9.85. The third kappa shape index (κ3) is 7.04. The number of amides is 2. The van der Waals surface area contributed by atoms with Crippen LogP contribution in [0.1, 0.15) is 46.5 Å². The number of aryl methyl sites for hydroxylation is 2. The number of pyridine rings is 1. The second-order valence-electron chi connectivity index (χ2n) is 15.5. The first-order valence-corrected chi connectivity index (χ1v) is 19.7. The first-order chi connectivity index (χ1) is 26.8. The standard InChI is InChI=1S/C23H26N8O.C16H20ClN5O/c1-30-4-6-31(7-5-30)23(32)14-2-3-18-17(8-14)20-21(28-18)26-13-27-22(20)29-19-9-15-10-24-11-16(15)12-25-19;1-21-4-6-22(7-5-21)16(23)10-2-3-12-11(8-10)13-14(17)18-9-19-15(13)20-12/h9-10,12-14H,2-8,11H2,1H3,(H2,25,26,27,28,29);9-10H,2-8H2,1H3,(H,18,19,20). The van der Waals surface area contributed by atoms with Crippen molar-refractivity contribution in [3.63, 3.8) is 0 Å². The summed E-state index contributed by atoms with van der Waals surface area (Å²) in [5.74, 6) is 2.07. The lowest BCUT2D eigenvalue weighted by molar-refractivity contribution is -0.138. The van der Waals surface area contributed by atoms with Gasteiger partial charge in [0.1, 0.15) is 40.7 Å². The summed E-state index contributed by atoms with van der Waals surface area (Å²) in [6.07, 6.45) is 11.7. The monoisotopic (exact) mass is 763 g/mol. The van der Waals surface area contributed by atoms with Crippen molar-refractivity contribution in [2.75, 3.05) is 71.8 Å². The average molecular weight is 764 g/mol. The molecule has 0 saturated carbocycles. The number of fused-ring (bicyclic) bond motifs is 7. The first kappa shape index (κ1) is 35.7. The maximum absolute atomic E-state index is 13.2. The fourth-order valence-corrected chi connectivity index (χ4v) is 8.96. The van der Waals surface area contributed by atoms with E-state index in [4.69, 9.17) is 11.6 Å². The molecule has 5 aliphatic rings. The number of H-pyrrole nitrogens is 2. The van der Waals surface area contributed by atoms with Crippen molar-refractivity contribution in [3.8, 4) is 0 Å². The number of nitrogens with zero attached hydrogens (tertiary/aromatic N) is 10. The molecule has 2 amide bonds. The highest BCUT2D eigenvalue weighted by molar-refractivity contribution is 6.34. The minimum atomic E-state index is 0.00675. The van der Waals surface area contributed by atoms with Crippen LogP contribution in [-0.2, 0) is 41.8 Å². The van der Waals surface area contributed by atoms with E-state index in [2.05, 4.69) is 69.1 Å². The number of halogens is 1. The lowest BCUT2D eigenvalue weighted by Gasteiger charge is -2.35. The predicted molar refractivity (Wildman–Crippen MR) is 211 cm³/mol. The third-order valence-corrected chi connectivity index (χ3v) is 12.3. The second kappa shape index (κ2) is 14.9. The molecule has 2 fully saturated rings. The normalized spacial score (nSPS) is 21.2. The van der Waals surface area contributed by atoms with Gasteiger partial charge in [-0.3, -0.25) is 14.6 Å². The smallest absolute Gasteiger partial charge is 0.226 e. The van der Waals surface area contributed by atoms with Crippen LogP contribution in [0.15, 0.2) is 29.9 Å². The van der Waals surface area contributed by atoms with Gasteiger partial charge >= 0.3 is 0 Å². The SMILES string of the molecule is CN1CCN(C(=O)C2CCc3[nH]c4ncnc(Cl)c4c3C2)CC1.CN1CCN(C(=O)C2CCc3[nH]c4ncnc(Nc5cc6c(cn5)CN=C6)c4c3C2)CC1. The van der Waals surface area contributed by atoms with Gasteiger partial charge in [0.25, 0.3) is 0 Å². The van der Waals surface area contributed by atoms with Crippen LogP contribution < -0.4 is 5.32 Å². The number of piperazine rings is 2. The fraction of sp³-hybridized carbons (Fsp3) is 0.487. The van der Waals surface area contributed by atoms with Crippen LogP contribution in [0, 0.1) is 11.8 Å². The second-order valence-corrected chi connectivity index (χ2v) is 15.9. The Morgan fingerprint density at radius 1 is 0.745 bits per heavy atom. The molecule has 0 radical (unpaired) electrons. The Bertz CT molecular complexity index is 2290. The van der Waals surface area contributed by atoms with Crippen LogP contribution in [0.2, 0.25) is 5.15 Å². The van der Waals surface area contributed by atoms with Gasteiger partial charge in [-0.2, -0.15) is 0 Å². The van der Waals surface area contributed by atoms with E-state index in [9.17, 15) is 9.59 Å². The Balaban J connectivity index is 0.000000153. The highest BCUT2D eigenvalue weighted by atomic mass is 35.5. The maximum atomic E-state index is 13.2. The summed E-state index contributed by atoms with van der Waals surface area (Å²) in [5, 5.41) is 5.71. The van der Waals surface area contributed by atoms with Crippen LogP contribution in [0.25, 0.3) is 22.1 Å². The topological polar surface area (TPSA) is 168 Å². The van der Waals surface area contributed by atoms with Gasteiger partial charge in [-0.05, 0) is 69.8 Å². The van der Waals surface area contributed by atoms with Crippen molar-refractivity contribution in [1.29, 1.82) is 0 Å². The van der Waals surface area contributed by atoms with E-state index in [0.29, 0.717) is 18.1 Å². The number of aromatic amines is 2. The summed E-state index contributed by atoms with van der Waals surface area (Å²) in [6, 6.07) is 2.00. The molecular weight excluding hydrogens is 718 g/mol. The van der Waals surface area contributed by atoms with Crippen LogP contribution in [0.5, 0.6) is 0 Å². The van der Waals surface area contributed by atoms with Crippen molar-refractivity contribution >= 4 is 63.3 Å². The lowest BCUT2D eigenvalue weighted by Crippen LogP contribution is -2.49. The van der Waals surface area contributed by atoms with Gasteiger partial charge in [0, 0.05) is 99.1 Å². The molecular formula is C39H46ClN13O2. The van der Waals surface area contributed by atoms with Crippen molar-refractivity contribution in [2.45, 2.75) is 45.1 Å². The molecule has 0 bridgehead atoms. The van der Waals surface area contributed by atoms with Crippen molar-refractivity contribution in [3.05, 3.63) is 63.7 Å². The van der Waals surface area contributed by atoms with E-state index in [0.717, 1.165) is 146 Å². The van der Waals surface area contributed by atoms with E-state index in [1.54, 1.807) is 6.33 Å². The Kier molecular flexibility index (Phi) is 9.68. The highest BCUT2D eigenvalue weighted by Crippen LogP contribution is 2.37. The molecule has 0 aromatic carbocycles. The summed E-state index contributed by atoms with van der Waals surface area (Å²) in [7, 11) is 4.21. The molecule has 0 spiro atoms.